The summed E-state index contributed by atoms with van der Waals surface area (Å²) in [7, 11) is 0. The van der Waals surface area contributed by atoms with Crippen LogP contribution in [0.2, 0.25) is 0 Å². The van der Waals surface area contributed by atoms with Crippen molar-refractivity contribution in [3.8, 4) is 0 Å². The highest BCUT2D eigenvalue weighted by Gasteiger charge is 2.25. The fourth-order valence-electron chi connectivity index (χ4n) is 9.91. The molecule has 0 saturated carbocycles. The molecule has 7 aromatic rings. The zero-order valence-corrected chi connectivity index (χ0v) is 40.0. The number of hydrogen-bond acceptors (Lipinski definition) is 7. The van der Waals surface area contributed by atoms with Crippen LogP contribution < -0.4 is 15.1 Å². The highest BCUT2D eigenvalue weighted by atomic mass is 16.5. The summed E-state index contributed by atoms with van der Waals surface area (Å²) < 4.78 is 11.0. The van der Waals surface area contributed by atoms with Crippen LogP contribution in [0.15, 0.2) is 121 Å². The number of nitrogens with zero attached hydrogens (tertiary/aromatic N) is 2. The number of esters is 2. The Bertz CT molecular complexity index is 2670. The van der Waals surface area contributed by atoms with Crippen LogP contribution in [0.4, 0.5) is 34.1 Å². The Kier molecular flexibility index (Phi) is 14.1. The number of fused-ring (bicyclic) bond motifs is 1. The van der Waals surface area contributed by atoms with Crippen LogP contribution in [0.3, 0.4) is 0 Å². The first-order valence-electron chi connectivity index (χ1n) is 22.8. The number of carbonyl (C=O) groups excluding carboxylic acids is 2. The normalized spacial score (nSPS) is 11.2. The summed E-state index contributed by atoms with van der Waals surface area (Å²) in [5, 5.41) is 6.08. The number of rotatable bonds is 15. The van der Waals surface area contributed by atoms with Crippen molar-refractivity contribution in [1.29, 1.82) is 0 Å². The molecular weight excluding hydrogens is 803 g/mol. The topological polar surface area (TPSA) is 71.1 Å². The standard InChI is InChI=1S/C58H63N3O4/c1-12-64-53(62)34-60(57-41(8)30-37(4)31-42(57)9)47-22-18-45(19-23-47)55(51-26-27-52(50-17-15-14-16-49(50)51)59-56-39(6)28-36(3)29-40(56)7)46-20-24-48(25-21-46)61(35-54(63)65-13-2)58-43(10)32-38(5)33-44(58)11/h14-33,55,59H,12-13,34-35H2,1-11H3. The van der Waals surface area contributed by atoms with Crippen molar-refractivity contribution in [2.75, 3.05) is 41.4 Å². The van der Waals surface area contributed by atoms with E-state index in [4.69, 9.17) is 9.47 Å². The lowest BCUT2D eigenvalue weighted by atomic mass is 9.82. The van der Waals surface area contributed by atoms with E-state index in [1.165, 1.54) is 27.8 Å². The smallest absolute Gasteiger partial charge is 0.325 e. The number of ether oxygens (including phenoxy) is 2. The number of hydrogen-bond donors (Lipinski definition) is 1. The molecule has 0 radical (unpaired) electrons. The summed E-state index contributed by atoms with van der Waals surface area (Å²) in [5.41, 5.74) is 19.7. The van der Waals surface area contributed by atoms with Gasteiger partial charge in [0.2, 0.25) is 0 Å². The average molecular weight is 866 g/mol. The quantitative estimate of drug-likeness (QED) is 0.0813. The number of aryl methyl sites for hydroxylation is 9. The second-order valence-electron chi connectivity index (χ2n) is 17.5. The minimum atomic E-state index is -0.280. The van der Waals surface area contributed by atoms with Crippen molar-refractivity contribution in [1.82, 2.24) is 0 Å². The van der Waals surface area contributed by atoms with Gasteiger partial charge in [-0.25, -0.2) is 0 Å². The second kappa shape index (κ2) is 19.9. The molecule has 0 amide bonds. The Morgan fingerprint density at radius 3 is 1.28 bits per heavy atom. The van der Waals surface area contributed by atoms with E-state index in [0.29, 0.717) is 13.2 Å². The minimum absolute atomic E-state index is 0.0874. The van der Waals surface area contributed by atoms with Crippen molar-refractivity contribution in [3.05, 3.63) is 188 Å². The molecule has 0 bridgehead atoms. The average Bonchev–Trinajstić information content (AvgIpc) is 3.25. The van der Waals surface area contributed by atoms with Crippen molar-refractivity contribution in [3.63, 3.8) is 0 Å². The predicted molar refractivity (Wildman–Crippen MR) is 270 cm³/mol. The van der Waals surface area contributed by atoms with Gasteiger partial charge in [0.1, 0.15) is 13.1 Å². The predicted octanol–water partition coefficient (Wildman–Crippen LogP) is 13.9. The third kappa shape index (κ3) is 10.1. The van der Waals surface area contributed by atoms with Gasteiger partial charge in [0.25, 0.3) is 0 Å². The summed E-state index contributed by atoms with van der Waals surface area (Å²) in [5.74, 6) is -0.737. The van der Waals surface area contributed by atoms with Crippen LogP contribution in [0.1, 0.15) is 86.5 Å². The first-order chi connectivity index (χ1) is 31.2. The van der Waals surface area contributed by atoms with Crippen LogP contribution in [-0.4, -0.2) is 38.2 Å². The molecule has 334 valence electrons. The highest BCUT2D eigenvalue weighted by molar-refractivity contribution is 5.99. The van der Waals surface area contributed by atoms with Crippen molar-refractivity contribution < 1.29 is 19.1 Å². The van der Waals surface area contributed by atoms with E-state index in [1.807, 2.05) is 13.8 Å². The fraction of sp³-hybridized carbons (Fsp3) is 0.276. The Labute approximate surface area is 386 Å². The molecule has 0 aliphatic heterocycles. The zero-order chi connectivity index (χ0) is 46.5. The SMILES string of the molecule is CCOC(=O)CN(c1ccc(C(c2ccc(N(CC(=O)OCC)c3c(C)cc(C)cc3C)cc2)c2ccc(Nc3c(C)cc(C)cc3C)c3ccccc23)cc1)c1c(C)cc(C)cc1C. The maximum absolute atomic E-state index is 13.2. The van der Waals surface area contributed by atoms with Crippen molar-refractivity contribution >= 4 is 56.8 Å². The monoisotopic (exact) mass is 865 g/mol. The van der Waals surface area contributed by atoms with Gasteiger partial charge in [-0.15, -0.1) is 0 Å². The van der Waals surface area contributed by atoms with Gasteiger partial charge in [-0.1, -0.05) is 108 Å². The van der Waals surface area contributed by atoms with E-state index in [2.05, 4.69) is 199 Å². The molecule has 65 heavy (non-hydrogen) atoms. The van der Waals surface area contributed by atoms with E-state index in [9.17, 15) is 9.59 Å². The Morgan fingerprint density at radius 2 is 0.877 bits per heavy atom. The first kappa shape index (κ1) is 46.1. The molecule has 7 heteroatoms. The summed E-state index contributed by atoms with van der Waals surface area (Å²) in [4.78, 5) is 30.5. The van der Waals surface area contributed by atoms with Crippen LogP contribution in [0.25, 0.3) is 10.8 Å². The van der Waals surface area contributed by atoms with Crippen LogP contribution in [0.5, 0.6) is 0 Å². The molecule has 7 nitrogen and oxygen atoms in total. The highest BCUT2D eigenvalue weighted by Crippen LogP contribution is 2.42. The summed E-state index contributed by atoms with van der Waals surface area (Å²) in [6.07, 6.45) is 0. The van der Waals surface area contributed by atoms with E-state index < -0.39 is 0 Å². The maximum Gasteiger partial charge on any atom is 0.325 e. The molecule has 0 spiro atoms. The van der Waals surface area contributed by atoms with Gasteiger partial charge in [-0.05, 0) is 162 Å². The molecule has 0 unspecified atom stereocenters. The molecule has 0 fully saturated rings. The lowest BCUT2D eigenvalue weighted by Gasteiger charge is -2.29. The number of benzene rings is 7. The Hall–Kier alpha value is -6.86. The lowest BCUT2D eigenvalue weighted by Crippen LogP contribution is -2.28. The molecule has 0 atom stereocenters. The van der Waals surface area contributed by atoms with Gasteiger partial charge in [0.15, 0.2) is 0 Å². The first-order valence-corrected chi connectivity index (χ1v) is 22.8. The Balaban J connectivity index is 1.38. The Morgan fingerprint density at radius 1 is 0.492 bits per heavy atom. The van der Waals surface area contributed by atoms with E-state index in [0.717, 1.165) is 83.8 Å². The molecule has 0 aliphatic rings. The molecule has 0 heterocycles. The molecule has 0 aliphatic carbocycles. The van der Waals surface area contributed by atoms with E-state index >= 15 is 0 Å². The van der Waals surface area contributed by atoms with Gasteiger partial charge in [-0.2, -0.15) is 0 Å². The zero-order valence-electron chi connectivity index (χ0n) is 40.0. The molecule has 7 rings (SSSR count). The van der Waals surface area contributed by atoms with Gasteiger partial charge in [0, 0.05) is 45.4 Å². The second-order valence-corrected chi connectivity index (χ2v) is 17.5. The largest absolute Gasteiger partial charge is 0.465 e. The number of nitrogens with one attached hydrogen (secondary N) is 1. The van der Waals surface area contributed by atoms with Gasteiger partial charge in [0.05, 0.1) is 13.2 Å². The summed E-state index contributed by atoms with van der Waals surface area (Å²) in [6, 6.07) is 43.4. The third-order valence-electron chi connectivity index (χ3n) is 12.3. The lowest BCUT2D eigenvalue weighted by molar-refractivity contribution is -0.142. The minimum Gasteiger partial charge on any atom is -0.465 e. The van der Waals surface area contributed by atoms with E-state index in [-0.39, 0.29) is 30.9 Å². The number of carbonyl (C=O) groups is 2. The molecule has 7 aromatic carbocycles. The number of anilines is 6. The maximum atomic E-state index is 13.2. The fourth-order valence-corrected chi connectivity index (χ4v) is 9.91. The third-order valence-corrected chi connectivity index (χ3v) is 12.3. The molecule has 0 aromatic heterocycles. The van der Waals surface area contributed by atoms with Crippen molar-refractivity contribution in [2.24, 2.45) is 0 Å². The molecule has 1 N–H and O–H groups in total. The molecule has 0 saturated heterocycles. The van der Waals surface area contributed by atoms with E-state index in [1.54, 1.807) is 0 Å². The van der Waals surface area contributed by atoms with Crippen LogP contribution in [0, 0.1) is 62.3 Å². The molecular formula is C58H63N3O4. The van der Waals surface area contributed by atoms with Crippen LogP contribution in [-0.2, 0) is 19.1 Å². The van der Waals surface area contributed by atoms with Gasteiger partial charge < -0.3 is 24.6 Å². The van der Waals surface area contributed by atoms with Crippen molar-refractivity contribution in [2.45, 2.75) is 82.1 Å². The summed E-state index contributed by atoms with van der Waals surface area (Å²) >= 11 is 0. The van der Waals surface area contributed by atoms with Gasteiger partial charge >= 0.3 is 11.9 Å². The van der Waals surface area contributed by atoms with Crippen LogP contribution >= 0.6 is 0 Å². The summed E-state index contributed by atoms with van der Waals surface area (Å²) in [6.45, 7) is 23.5. The van der Waals surface area contributed by atoms with Gasteiger partial charge in [-0.3, -0.25) is 9.59 Å².